The monoisotopic (exact) mass is 381 g/mol. The zero-order chi connectivity index (χ0) is 20.3. The van der Waals surface area contributed by atoms with Crippen LogP contribution in [0.2, 0.25) is 0 Å². The van der Waals surface area contributed by atoms with Crippen molar-refractivity contribution >= 4 is 23.3 Å². The summed E-state index contributed by atoms with van der Waals surface area (Å²) in [6.45, 7) is 3.79. The lowest BCUT2D eigenvalue weighted by Gasteiger charge is -2.19. The highest BCUT2D eigenvalue weighted by atomic mass is 16.5. The fourth-order valence-corrected chi connectivity index (χ4v) is 3.24. The molecular weight excluding hydrogens is 358 g/mol. The zero-order valence-corrected chi connectivity index (χ0v) is 16.2. The number of ether oxygens (including phenoxy) is 2. The number of rotatable bonds is 6. The quantitative estimate of drug-likeness (QED) is 0.568. The van der Waals surface area contributed by atoms with E-state index in [1.807, 2.05) is 32.0 Å². The number of benzene rings is 2. The maximum Gasteiger partial charge on any atom is 0.311 e. The number of Topliss-reactive ketones (excluding diaryl/α,β-unsaturated/α-hetero) is 1. The molecule has 2 aromatic carbocycles. The van der Waals surface area contributed by atoms with Crippen LogP contribution in [0.5, 0.6) is 5.75 Å². The molecule has 1 aliphatic heterocycles. The Hall–Kier alpha value is -3.15. The summed E-state index contributed by atoms with van der Waals surface area (Å²) >= 11 is 0. The molecule has 3 rings (SSSR count). The van der Waals surface area contributed by atoms with Gasteiger partial charge in [0.2, 0.25) is 5.91 Å². The Morgan fingerprint density at radius 2 is 1.93 bits per heavy atom. The molecule has 146 valence electrons. The van der Waals surface area contributed by atoms with Gasteiger partial charge in [0.25, 0.3) is 0 Å². The van der Waals surface area contributed by atoms with Gasteiger partial charge in [-0.25, -0.2) is 0 Å². The summed E-state index contributed by atoms with van der Waals surface area (Å²) < 4.78 is 10.3. The van der Waals surface area contributed by atoms with Crippen LogP contribution in [-0.2, 0) is 14.3 Å². The van der Waals surface area contributed by atoms with Gasteiger partial charge in [0.05, 0.1) is 13.0 Å². The van der Waals surface area contributed by atoms with E-state index in [0.717, 1.165) is 16.8 Å². The first-order chi connectivity index (χ1) is 13.4. The third-order valence-electron chi connectivity index (χ3n) is 4.85. The number of carbonyl (C=O) groups is 3. The van der Waals surface area contributed by atoms with E-state index in [0.29, 0.717) is 11.3 Å². The van der Waals surface area contributed by atoms with Crippen LogP contribution in [0.4, 0.5) is 5.69 Å². The molecule has 0 aliphatic carbocycles. The second kappa shape index (κ2) is 8.25. The van der Waals surface area contributed by atoms with Crippen molar-refractivity contribution < 1.29 is 23.9 Å². The van der Waals surface area contributed by atoms with Gasteiger partial charge in [0.15, 0.2) is 12.4 Å². The van der Waals surface area contributed by atoms with Crippen molar-refractivity contribution in [3.8, 4) is 5.75 Å². The highest BCUT2D eigenvalue weighted by molar-refractivity contribution is 6.01. The fourth-order valence-electron chi connectivity index (χ4n) is 3.24. The van der Waals surface area contributed by atoms with Gasteiger partial charge < -0.3 is 14.4 Å². The molecule has 1 fully saturated rings. The minimum Gasteiger partial charge on any atom is -0.497 e. The molecular formula is C22H23NO5. The van der Waals surface area contributed by atoms with E-state index in [1.54, 1.807) is 29.2 Å². The summed E-state index contributed by atoms with van der Waals surface area (Å²) in [5, 5.41) is 0. The average Bonchev–Trinajstić information content (AvgIpc) is 3.09. The standard InChI is InChI=1S/C22H23NO5/c1-14-7-8-15(2)19(9-14)23-12-17(11-21(23)25)22(26)28-13-20(24)16-5-4-6-18(10-16)27-3/h4-10,17H,11-13H2,1-3H3/t17-/m1/s1. The molecule has 2 aromatic rings. The molecule has 0 saturated carbocycles. The minimum atomic E-state index is -0.578. The Balaban J connectivity index is 1.61. The maximum atomic E-state index is 12.4. The summed E-state index contributed by atoms with van der Waals surface area (Å²) in [5.41, 5.74) is 3.24. The van der Waals surface area contributed by atoms with E-state index in [2.05, 4.69) is 0 Å². The van der Waals surface area contributed by atoms with Crippen LogP contribution in [0.1, 0.15) is 27.9 Å². The van der Waals surface area contributed by atoms with Crippen LogP contribution in [0.15, 0.2) is 42.5 Å². The smallest absolute Gasteiger partial charge is 0.311 e. The summed E-state index contributed by atoms with van der Waals surface area (Å²) in [4.78, 5) is 38.7. The van der Waals surface area contributed by atoms with Crippen molar-refractivity contribution in [1.29, 1.82) is 0 Å². The van der Waals surface area contributed by atoms with Gasteiger partial charge in [-0.1, -0.05) is 24.3 Å². The minimum absolute atomic E-state index is 0.0829. The van der Waals surface area contributed by atoms with Gasteiger partial charge in [-0.05, 0) is 43.2 Å². The highest BCUT2D eigenvalue weighted by Gasteiger charge is 2.37. The van der Waals surface area contributed by atoms with Crippen molar-refractivity contribution in [1.82, 2.24) is 0 Å². The van der Waals surface area contributed by atoms with E-state index in [1.165, 1.54) is 7.11 Å². The molecule has 6 heteroatoms. The zero-order valence-electron chi connectivity index (χ0n) is 16.2. The van der Waals surface area contributed by atoms with Crippen LogP contribution in [0.3, 0.4) is 0 Å². The lowest BCUT2D eigenvalue weighted by molar-refractivity contribution is -0.147. The topological polar surface area (TPSA) is 72.9 Å². The molecule has 1 aliphatic rings. The molecule has 0 aromatic heterocycles. The normalized spacial score (nSPS) is 16.2. The van der Waals surface area contributed by atoms with Crippen LogP contribution >= 0.6 is 0 Å². The molecule has 1 amide bonds. The van der Waals surface area contributed by atoms with Crippen LogP contribution in [0, 0.1) is 19.8 Å². The van der Waals surface area contributed by atoms with E-state index in [9.17, 15) is 14.4 Å². The molecule has 0 N–H and O–H groups in total. The molecule has 1 heterocycles. The molecule has 1 atom stereocenters. The molecule has 1 saturated heterocycles. The molecule has 28 heavy (non-hydrogen) atoms. The first kappa shape index (κ1) is 19.6. The number of anilines is 1. The predicted molar refractivity (Wildman–Crippen MR) is 105 cm³/mol. The number of hydrogen-bond donors (Lipinski definition) is 0. The number of nitrogens with zero attached hydrogens (tertiary/aromatic N) is 1. The maximum absolute atomic E-state index is 12.4. The number of esters is 1. The number of hydrogen-bond acceptors (Lipinski definition) is 5. The third-order valence-corrected chi connectivity index (χ3v) is 4.85. The largest absolute Gasteiger partial charge is 0.497 e. The van der Waals surface area contributed by atoms with Crippen molar-refractivity contribution in [3.05, 3.63) is 59.2 Å². The number of carbonyl (C=O) groups excluding carboxylic acids is 3. The summed E-state index contributed by atoms with van der Waals surface area (Å²) in [6.07, 6.45) is 0.0829. The van der Waals surface area contributed by atoms with Gasteiger partial charge >= 0.3 is 5.97 Å². The van der Waals surface area contributed by atoms with E-state index in [4.69, 9.17) is 9.47 Å². The van der Waals surface area contributed by atoms with Gasteiger partial charge in [-0.3, -0.25) is 14.4 Å². The summed E-state index contributed by atoms with van der Waals surface area (Å²) in [7, 11) is 1.52. The lowest BCUT2D eigenvalue weighted by atomic mass is 10.1. The Kier molecular flexibility index (Phi) is 5.78. The number of methoxy groups -OCH3 is 1. The van der Waals surface area contributed by atoms with Crippen LogP contribution in [-0.4, -0.2) is 37.9 Å². The van der Waals surface area contributed by atoms with Gasteiger partial charge in [0, 0.05) is 24.2 Å². The third kappa shape index (κ3) is 4.22. The van der Waals surface area contributed by atoms with Crippen molar-refractivity contribution in [2.75, 3.05) is 25.2 Å². The van der Waals surface area contributed by atoms with Gasteiger partial charge in [-0.15, -0.1) is 0 Å². The molecule has 6 nitrogen and oxygen atoms in total. The second-order valence-corrected chi connectivity index (χ2v) is 6.96. The fraction of sp³-hybridized carbons (Fsp3) is 0.318. The van der Waals surface area contributed by atoms with Gasteiger partial charge in [0.1, 0.15) is 5.75 Å². The highest BCUT2D eigenvalue weighted by Crippen LogP contribution is 2.29. The summed E-state index contributed by atoms with van der Waals surface area (Å²) in [5.74, 6) is -0.983. The Morgan fingerprint density at radius 3 is 2.68 bits per heavy atom. The van der Waals surface area contributed by atoms with E-state index < -0.39 is 11.9 Å². The molecule has 0 radical (unpaired) electrons. The van der Waals surface area contributed by atoms with Crippen molar-refractivity contribution in [3.63, 3.8) is 0 Å². The number of aryl methyl sites for hydroxylation is 2. The molecule has 0 bridgehead atoms. The number of amides is 1. The second-order valence-electron chi connectivity index (χ2n) is 6.96. The molecule has 0 unspecified atom stereocenters. The van der Waals surface area contributed by atoms with E-state index >= 15 is 0 Å². The van der Waals surface area contributed by atoms with E-state index in [-0.39, 0.29) is 31.3 Å². The first-order valence-corrected chi connectivity index (χ1v) is 9.10. The SMILES string of the molecule is COc1cccc(C(=O)COC(=O)[C@@H]2CC(=O)N(c3cc(C)ccc3C)C2)c1. The Bertz CT molecular complexity index is 921. The van der Waals surface area contributed by atoms with Crippen molar-refractivity contribution in [2.45, 2.75) is 20.3 Å². The number of ketones is 1. The Labute approximate surface area is 164 Å². The predicted octanol–water partition coefficient (Wildman–Crippen LogP) is 3.09. The average molecular weight is 381 g/mol. The van der Waals surface area contributed by atoms with Crippen molar-refractivity contribution in [2.24, 2.45) is 5.92 Å². The van der Waals surface area contributed by atoms with Crippen LogP contribution < -0.4 is 9.64 Å². The molecule has 0 spiro atoms. The van der Waals surface area contributed by atoms with Crippen LogP contribution in [0.25, 0.3) is 0 Å². The summed E-state index contributed by atoms with van der Waals surface area (Å²) in [6, 6.07) is 12.5. The Morgan fingerprint density at radius 1 is 1.14 bits per heavy atom. The lowest BCUT2D eigenvalue weighted by Crippen LogP contribution is -2.27. The van der Waals surface area contributed by atoms with Gasteiger partial charge in [-0.2, -0.15) is 0 Å². The first-order valence-electron chi connectivity index (χ1n) is 9.10.